The fourth-order valence-corrected chi connectivity index (χ4v) is 4.62. The summed E-state index contributed by atoms with van der Waals surface area (Å²) in [4.78, 5) is 24.1. The molecule has 174 valence electrons. The molecule has 0 aliphatic carbocycles. The van der Waals surface area contributed by atoms with E-state index in [0.717, 1.165) is 29.4 Å². The van der Waals surface area contributed by atoms with Gasteiger partial charge in [-0.05, 0) is 47.0 Å². The number of fused-ring (bicyclic) bond motifs is 1. The molecule has 0 fully saturated rings. The van der Waals surface area contributed by atoms with Gasteiger partial charge in [-0.1, -0.05) is 6.08 Å². The number of nitrogens with zero attached hydrogens (tertiary/aromatic N) is 7. The molecule has 4 aromatic rings. The maximum Gasteiger partial charge on any atom is 0.225 e. The van der Waals surface area contributed by atoms with Crippen LogP contribution in [0, 0.1) is 6.92 Å². The summed E-state index contributed by atoms with van der Waals surface area (Å²) in [6, 6.07) is 3.17. The van der Waals surface area contributed by atoms with Crippen LogP contribution in [0.1, 0.15) is 17.8 Å². The van der Waals surface area contributed by atoms with Gasteiger partial charge in [0.25, 0.3) is 0 Å². The van der Waals surface area contributed by atoms with Crippen LogP contribution in [0.15, 0.2) is 58.7 Å². The number of hydrogen-bond donors (Lipinski definition) is 1. The Balaban J connectivity index is 1.40. The highest BCUT2D eigenvalue weighted by Gasteiger charge is 2.19. The van der Waals surface area contributed by atoms with Crippen LogP contribution in [0.4, 0.5) is 17.5 Å². The Morgan fingerprint density at radius 1 is 1.09 bits per heavy atom. The second kappa shape index (κ2) is 8.76. The first-order valence-corrected chi connectivity index (χ1v) is 13.2. The molecule has 0 unspecified atom stereocenters. The summed E-state index contributed by atoms with van der Waals surface area (Å²) in [6.07, 6.45) is 13.1. The maximum absolute atomic E-state index is 11.8. The van der Waals surface area contributed by atoms with Crippen molar-refractivity contribution in [2.45, 2.75) is 18.4 Å². The second-order valence-electron chi connectivity index (χ2n) is 7.92. The van der Waals surface area contributed by atoms with Gasteiger partial charge in [0.2, 0.25) is 5.95 Å². The number of imidazole rings is 1. The SMILES string of the molecule is Cc1nc(S(C)(=O)=O)ccc1Nc1nccn2c(C3=CCN(c4ncc(Br)cn4)CC3)cnc12. The molecule has 1 aliphatic heterocycles. The third-order valence-electron chi connectivity index (χ3n) is 5.55. The number of rotatable bonds is 5. The maximum atomic E-state index is 11.8. The smallest absolute Gasteiger partial charge is 0.225 e. The van der Waals surface area contributed by atoms with Crippen molar-refractivity contribution in [1.29, 1.82) is 0 Å². The van der Waals surface area contributed by atoms with Crippen LogP contribution in [0.2, 0.25) is 0 Å². The number of aromatic nitrogens is 6. The van der Waals surface area contributed by atoms with Crippen molar-refractivity contribution in [3.63, 3.8) is 0 Å². The summed E-state index contributed by atoms with van der Waals surface area (Å²) in [5.41, 5.74) is 4.08. The van der Waals surface area contributed by atoms with Crippen molar-refractivity contribution >= 4 is 54.4 Å². The van der Waals surface area contributed by atoms with E-state index in [1.165, 1.54) is 11.6 Å². The predicted molar refractivity (Wildman–Crippen MR) is 133 cm³/mol. The zero-order chi connectivity index (χ0) is 23.9. The molecule has 0 saturated heterocycles. The molecular weight excluding hydrogens is 520 g/mol. The van der Waals surface area contributed by atoms with E-state index in [1.54, 1.807) is 31.6 Å². The summed E-state index contributed by atoms with van der Waals surface area (Å²) in [6.45, 7) is 3.26. The Hall–Kier alpha value is -3.38. The van der Waals surface area contributed by atoms with Crippen LogP contribution in [0.25, 0.3) is 11.2 Å². The van der Waals surface area contributed by atoms with Gasteiger partial charge in [0.15, 0.2) is 26.3 Å². The number of pyridine rings is 1. The molecular formula is C22H21BrN8O2S. The van der Waals surface area contributed by atoms with Gasteiger partial charge in [0.05, 0.1) is 27.7 Å². The van der Waals surface area contributed by atoms with Crippen LogP contribution in [-0.2, 0) is 9.84 Å². The van der Waals surface area contributed by atoms with Gasteiger partial charge in [-0.25, -0.2) is 33.3 Å². The molecule has 0 atom stereocenters. The van der Waals surface area contributed by atoms with E-state index in [-0.39, 0.29) is 5.03 Å². The lowest BCUT2D eigenvalue weighted by Crippen LogP contribution is -2.29. The average Bonchev–Trinajstić information content (AvgIpc) is 3.25. The third-order valence-corrected chi connectivity index (χ3v) is 6.95. The minimum Gasteiger partial charge on any atom is -0.337 e. The Morgan fingerprint density at radius 3 is 2.56 bits per heavy atom. The number of anilines is 3. The summed E-state index contributed by atoms with van der Waals surface area (Å²) >= 11 is 3.37. The van der Waals surface area contributed by atoms with Crippen molar-refractivity contribution in [3.05, 3.63) is 65.1 Å². The first kappa shape index (κ1) is 22.4. The van der Waals surface area contributed by atoms with Crippen molar-refractivity contribution in [2.75, 3.05) is 29.6 Å². The van der Waals surface area contributed by atoms with Gasteiger partial charge < -0.3 is 10.2 Å². The van der Waals surface area contributed by atoms with E-state index in [2.05, 4.69) is 57.1 Å². The normalized spacial score (nSPS) is 14.3. The predicted octanol–water partition coefficient (Wildman–Crippen LogP) is 3.43. The fourth-order valence-electron chi connectivity index (χ4n) is 3.80. The van der Waals surface area contributed by atoms with Gasteiger partial charge in [-0.2, -0.15) is 0 Å². The number of sulfone groups is 1. The molecule has 0 saturated carbocycles. The molecule has 5 rings (SSSR count). The average molecular weight is 541 g/mol. The second-order valence-corrected chi connectivity index (χ2v) is 10.8. The van der Waals surface area contributed by atoms with Crippen molar-refractivity contribution in [3.8, 4) is 0 Å². The Morgan fingerprint density at radius 2 is 1.88 bits per heavy atom. The van der Waals surface area contributed by atoms with Gasteiger partial charge in [-0.15, -0.1) is 0 Å². The summed E-state index contributed by atoms with van der Waals surface area (Å²) < 4.78 is 26.4. The lowest BCUT2D eigenvalue weighted by molar-refractivity contribution is 0.598. The van der Waals surface area contributed by atoms with Crippen molar-refractivity contribution in [1.82, 2.24) is 29.3 Å². The van der Waals surface area contributed by atoms with E-state index in [0.29, 0.717) is 35.3 Å². The largest absolute Gasteiger partial charge is 0.337 e. The Labute approximate surface area is 204 Å². The van der Waals surface area contributed by atoms with E-state index < -0.39 is 9.84 Å². The highest BCUT2D eigenvalue weighted by molar-refractivity contribution is 9.10. The number of halogens is 1. The molecule has 4 aromatic heterocycles. The molecule has 34 heavy (non-hydrogen) atoms. The van der Waals surface area contributed by atoms with Gasteiger partial charge in [0, 0.05) is 44.1 Å². The third kappa shape index (κ3) is 4.38. The minimum absolute atomic E-state index is 0.0385. The quantitative estimate of drug-likeness (QED) is 0.406. The van der Waals surface area contributed by atoms with Crippen molar-refractivity contribution < 1.29 is 8.42 Å². The number of hydrogen-bond acceptors (Lipinski definition) is 9. The Kier molecular flexibility index (Phi) is 5.78. The van der Waals surface area contributed by atoms with E-state index >= 15 is 0 Å². The van der Waals surface area contributed by atoms with Crippen LogP contribution in [0.5, 0.6) is 0 Å². The van der Waals surface area contributed by atoms with Gasteiger partial charge in [-0.3, -0.25) is 4.40 Å². The van der Waals surface area contributed by atoms with E-state index in [4.69, 9.17) is 0 Å². The van der Waals surface area contributed by atoms with Crippen LogP contribution in [0.3, 0.4) is 0 Å². The molecule has 1 aliphatic rings. The van der Waals surface area contributed by atoms with Crippen molar-refractivity contribution in [2.24, 2.45) is 0 Å². The minimum atomic E-state index is -3.37. The van der Waals surface area contributed by atoms with E-state index in [9.17, 15) is 8.42 Å². The number of aryl methyl sites for hydroxylation is 1. The molecule has 0 aromatic carbocycles. The van der Waals surface area contributed by atoms with Gasteiger partial charge >= 0.3 is 0 Å². The summed E-state index contributed by atoms with van der Waals surface area (Å²) in [5, 5.41) is 3.28. The first-order valence-electron chi connectivity index (χ1n) is 10.5. The molecule has 1 N–H and O–H groups in total. The lowest BCUT2D eigenvalue weighted by Gasteiger charge is -2.26. The number of nitrogens with one attached hydrogen (secondary N) is 1. The Bertz CT molecular complexity index is 1520. The molecule has 12 heteroatoms. The zero-order valence-corrected chi connectivity index (χ0v) is 20.9. The van der Waals surface area contributed by atoms with Crippen LogP contribution >= 0.6 is 15.9 Å². The molecule has 0 radical (unpaired) electrons. The van der Waals surface area contributed by atoms with Crippen LogP contribution in [-0.4, -0.2) is 57.1 Å². The highest BCUT2D eigenvalue weighted by atomic mass is 79.9. The zero-order valence-electron chi connectivity index (χ0n) is 18.5. The summed E-state index contributed by atoms with van der Waals surface area (Å²) in [7, 11) is -3.37. The molecule has 0 amide bonds. The molecule has 0 spiro atoms. The highest BCUT2D eigenvalue weighted by Crippen LogP contribution is 2.28. The van der Waals surface area contributed by atoms with Gasteiger partial charge in [0.1, 0.15) is 0 Å². The molecule has 0 bridgehead atoms. The standard InChI is InChI=1S/C22H21BrN8O2S/c1-14-17(3-4-19(28-14)34(2,32)33)29-20-21-25-13-18(31(21)10-7-24-20)15-5-8-30(9-6-15)22-26-11-16(23)12-27-22/h3-5,7,10-13H,6,8-9H2,1-2H3,(H,24,29). The molecule has 10 nitrogen and oxygen atoms in total. The fraction of sp³-hybridized carbons (Fsp3) is 0.227. The van der Waals surface area contributed by atoms with E-state index in [1.807, 2.05) is 16.8 Å². The molecule has 5 heterocycles. The lowest BCUT2D eigenvalue weighted by atomic mass is 10.1. The monoisotopic (exact) mass is 540 g/mol. The van der Waals surface area contributed by atoms with Crippen LogP contribution < -0.4 is 10.2 Å². The summed E-state index contributed by atoms with van der Waals surface area (Å²) in [5.74, 6) is 1.27. The topological polar surface area (TPSA) is 118 Å². The first-order chi connectivity index (χ1) is 16.3.